The fourth-order valence-corrected chi connectivity index (χ4v) is 1.89. The predicted octanol–water partition coefficient (Wildman–Crippen LogP) is 4.52. The number of nitrogen functional groups attached to an aromatic ring is 1. The molecule has 0 amide bonds. The molecule has 6 heteroatoms. The Labute approximate surface area is 118 Å². The molecule has 0 fully saturated rings. The van der Waals surface area contributed by atoms with Gasteiger partial charge in [-0.1, -0.05) is 29.8 Å². The van der Waals surface area contributed by atoms with Gasteiger partial charge in [-0.25, -0.2) is 0 Å². The summed E-state index contributed by atoms with van der Waals surface area (Å²) >= 11 is 5.88. The van der Waals surface area contributed by atoms with Crippen molar-refractivity contribution >= 4 is 17.3 Å². The minimum Gasteiger partial charge on any atom is -0.487 e. The molecule has 0 aromatic heterocycles. The number of alkyl halides is 3. The molecule has 0 heterocycles. The zero-order valence-corrected chi connectivity index (χ0v) is 11.0. The molecule has 0 saturated carbocycles. The number of benzene rings is 2. The first-order valence-electron chi connectivity index (χ1n) is 5.71. The lowest BCUT2D eigenvalue weighted by molar-refractivity contribution is -0.138. The Morgan fingerprint density at radius 3 is 2.45 bits per heavy atom. The van der Waals surface area contributed by atoms with Crippen molar-refractivity contribution in [2.75, 3.05) is 5.73 Å². The van der Waals surface area contributed by atoms with Gasteiger partial charge >= 0.3 is 6.18 Å². The zero-order valence-electron chi connectivity index (χ0n) is 10.2. The maximum Gasteiger partial charge on any atom is 0.416 e. The van der Waals surface area contributed by atoms with Crippen LogP contribution < -0.4 is 10.5 Å². The van der Waals surface area contributed by atoms with E-state index in [4.69, 9.17) is 22.1 Å². The molecule has 0 spiro atoms. The van der Waals surface area contributed by atoms with Crippen LogP contribution in [0.4, 0.5) is 18.9 Å². The molecule has 2 rings (SSSR count). The Morgan fingerprint density at radius 1 is 1.10 bits per heavy atom. The summed E-state index contributed by atoms with van der Waals surface area (Å²) in [6.45, 7) is -0.237. The highest BCUT2D eigenvalue weighted by atomic mass is 35.5. The van der Waals surface area contributed by atoms with Gasteiger partial charge in [0.05, 0.1) is 10.6 Å². The van der Waals surface area contributed by atoms with Crippen LogP contribution in [0.3, 0.4) is 0 Å². The van der Waals surface area contributed by atoms with Gasteiger partial charge in [0.2, 0.25) is 0 Å². The van der Waals surface area contributed by atoms with Gasteiger partial charge in [-0.2, -0.15) is 13.2 Å². The number of rotatable bonds is 3. The molecule has 0 bridgehead atoms. The average Bonchev–Trinajstić information content (AvgIpc) is 2.38. The monoisotopic (exact) mass is 301 g/mol. The molecule has 0 aliphatic rings. The summed E-state index contributed by atoms with van der Waals surface area (Å²) in [5.41, 5.74) is 4.65. The Hall–Kier alpha value is -1.88. The molecular formula is C14H11ClF3NO. The highest BCUT2D eigenvalue weighted by Gasteiger charge is 2.33. The van der Waals surface area contributed by atoms with E-state index in [9.17, 15) is 13.2 Å². The van der Waals surface area contributed by atoms with E-state index in [2.05, 4.69) is 0 Å². The highest BCUT2D eigenvalue weighted by molar-refractivity contribution is 6.32. The fraction of sp³-hybridized carbons (Fsp3) is 0.143. The Morgan fingerprint density at radius 2 is 1.80 bits per heavy atom. The molecule has 0 atom stereocenters. The van der Waals surface area contributed by atoms with Gasteiger partial charge in [0.1, 0.15) is 12.4 Å². The number of hydrogen-bond acceptors (Lipinski definition) is 2. The molecule has 0 saturated heterocycles. The lowest BCUT2D eigenvalue weighted by atomic mass is 10.1. The van der Waals surface area contributed by atoms with Gasteiger partial charge in [0, 0.05) is 11.3 Å². The maximum absolute atomic E-state index is 12.9. The molecule has 20 heavy (non-hydrogen) atoms. The van der Waals surface area contributed by atoms with Gasteiger partial charge in [0.15, 0.2) is 0 Å². The van der Waals surface area contributed by atoms with Crippen LogP contribution in [0, 0.1) is 0 Å². The summed E-state index contributed by atoms with van der Waals surface area (Å²) in [7, 11) is 0. The molecule has 2 aromatic rings. The molecule has 0 unspecified atom stereocenters. The lowest BCUT2D eigenvalue weighted by Gasteiger charge is -2.14. The van der Waals surface area contributed by atoms with Crippen LogP contribution in [0.2, 0.25) is 5.02 Å². The second-order valence-electron chi connectivity index (χ2n) is 4.13. The van der Waals surface area contributed by atoms with E-state index in [1.807, 2.05) is 0 Å². The van der Waals surface area contributed by atoms with Crippen LogP contribution in [0.5, 0.6) is 5.75 Å². The zero-order chi connectivity index (χ0) is 14.8. The van der Waals surface area contributed by atoms with Gasteiger partial charge in [0.25, 0.3) is 0 Å². The van der Waals surface area contributed by atoms with E-state index in [0.717, 1.165) is 6.07 Å². The second kappa shape index (κ2) is 5.63. The standard InChI is InChI=1S/C14H11ClF3NO/c15-12-3-1-2-4-13(12)20-8-9-5-6-10(19)7-11(9)14(16,17)18/h1-7H,8,19H2. The number of anilines is 1. The Kier molecular flexibility index (Phi) is 4.09. The predicted molar refractivity (Wildman–Crippen MR) is 71.6 cm³/mol. The summed E-state index contributed by atoms with van der Waals surface area (Å²) in [5.74, 6) is 0.333. The van der Waals surface area contributed by atoms with E-state index in [1.165, 1.54) is 12.1 Å². The summed E-state index contributed by atoms with van der Waals surface area (Å²) in [4.78, 5) is 0. The van der Waals surface area contributed by atoms with Crippen LogP contribution in [-0.4, -0.2) is 0 Å². The summed E-state index contributed by atoms with van der Waals surface area (Å²) in [5, 5.41) is 0.344. The van der Waals surface area contributed by atoms with Crippen molar-refractivity contribution in [3.8, 4) is 5.75 Å². The van der Waals surface area contributed by atoms with Gasteiger partial charge in [-0.15, -0.1) is 0 Å². The third-order valence-electron chi connectivity index (χ3n) is 2.66. The van der Waals surface area contributed by atoms with Crippen molar-refractivity contribution in [3.63, 3.8) is 0 Å². The number of para-hydroxylation sites is 1. The number of nitrogens with two attached hydrogens (primary N) is 1. The third kappa shape index (κ3) is 3.36. The first-order chi connectivity index (χ1) is 9.38. The van der Waals surface area contributed by atoms with Crippen LogP contribution in [0.1, 0.15) is 11.1 Å². The van der Waals surface area contributed by atoms with Crippen molar-refractivity contribution in [1.82, 2.24) is 0 Å². The van der Waals surface area contributed by atoms with E-state index < -0.39 is 11.7 Å². The lowest BCUT2D eigenvalue weighted by Crippen LogP contribution is -2.11. The first kappa shape index (κ1) is 14.5. The maximum atomic E-state index is 12.9. The molecule has 2 N–H and O–H groups in total. The van der Waals surface area contributed by atoms with Crippen LogP contribution >= 0.6 is 11.6 Å². The summed E-state index contributed by atoms with van der Waals surface area (Å²) in [6, 6.07) is 10.2. The van der Waals surface area contributed by atoms with Crippen LogP contribution in [-0.2, 0) is 12.8 Å². The van der Waals surface area contributed by atoms with Crippen molar-refractivity contribution < 1.29 is 17.9 Å². The molecule has 2 nitrogen and oxygen atoms in total. The molecule has 0 aliphatic carbocycles. The molecular weight excluding hydrogens is 291 g/mol. The van der Waals surface area contributed by atoms with Gasteiger partial charge in [-0.05, 0) is 24.3 Å². The van der Waals surface area contributed by atoms with Gasteiger partial charge in [-0.3, -0.25) is 0 Å². The van der Waals surface area contributed by atoms with Crippen molar-refractivity contribution in [3.05, 3.63) is 58.6 Å². The van der Waals surface area contributed by atoms with E-state index in [-0.39, 0.29) is 17.9 Å². The molecule has 0 radical (unpaired) electrons. The summed E-state index contributed by atoms with van der Waals surface area (Å²) in [6.07, 6.45) is -4.48. The highest BCUT2D eigenvalue weighted by Crippen LogP contribution is 2.34. The SMILES string of the molecule is Nc1ccc(COc2ccccc2Cl)c(C(F)(F)F)c1. The number of halogens is 4. The minimum atomic E-state index is -4.48. The van der Waals surface area contributed by atoms with Crippen LogP contribution in [0.15, 0.2) is 42.5 Å². The molecule has 2 aromatic carbocycles. The van der Waals surface area contributed by atoms with Crippen molar-refractivity contribution in [2.45, 2.75) is 12.8 Å². The largest absolute Gasteiger partial charge is 0.487 e. The minimum absolute atomic E-state index is 0.00613. The van der Waals surface area contributed by atoms with Crippen LogP contribution in [0.25, 0.3) is 0 Å². The quantitative estimate of drug-likeness (QED) is 0.846. The first-order valence-corrected chi connectivity index (χ1v) is 6.08. The topological polar surface area (TPSA) is 35.2 Å². The Balaban J connectivity index is 2.24. The number of ether oxygens (including phenoxy) is 1. The Bertz CT molecular complexity index is 614. The van der Waals surface area contributed by atoms with E-state index in [1.54, 1.807) is 24.3 Å². The van der Waals surface area contributed by atoms with Crippen molar-refractivity contribution in [1.29, 1.82) is 0 Å². The average molecular weight is 302 g/mol. The second-order valence-corrected chi connectivity index (χ2v) is 4.54. The number of hydrogen-bond donors (Lipinski definition) is 1. The third-order valence-corrected chi connectivity index (χ3v) is 2.97. The summed E-state index contributed by atoms with van der Waals surface area (Å²) < 4.78 is 44.0. The van der Waals surface area contributed by atoms with E-state index in [0.29, 0.717) is 10.8 Å². The fourth-order valence-electron chi connectivity index (χ4n) is 1.70. The normalized spacial score (nSPS) is 11.4. The van der Waals surface area contributed by atoms with E-state index >= 15 is 0 Å². The molecule has 0 aliphatic heterocycles. The van der Waals surface area contributed by atoms with Crippen molar-refractivity contribution in [2.24, 2.45) is 0 Å². The molecule has 106 valence electrons. The smallest absolute Gasteiger partial charge is 0.416 e. The van der Waals surface area contributed by atoms with Gasteiger partial charge < -0.3 is 10.5 Å².